The second-order valence-corrected chi connectivity index (χ2v) is 15.7. The molecule has 0 saturated carbocycles. The molecule has 0 spiro atoms. The van der Waals surface area contributed by atoms with Crippen LogP contribution in [0.1, 0.15) is 200 Å². The van der Waals surface area contributed by atoms with E-state index in [0.717, 1.165) is 38.5 Å². The first-order valence-electron chi connectivity index (χ1n) is 21.0. The molecule has 8 nitrogen and oxygen atoms in total. The highest BCUT2D eigenvalue weighted by molar-refractivity contribution is 7.47. The zero-order valence-electron chi connectivity index (χ0n) is 32.6. The Bertz CT molecular complexity index is 840. The van der Waals surface area contributed by atoms with Crippen molar-refractivity contribution >= 4 is 13.7 Å². The summed E-state index contributed by atoms with van der Waals surface area (Å²) in [6, 6.07) is -0.859. The predicted molar refractivity (Wildman–Crippen MR) is 212 cm³/mol. The van der Waals surface area contributed by atoms with E-state index in [1.807, 2.05) is 6.08 Å². The van der Waals surface area contributed by atoms with Crippen molar-refractivity contribution in [1.82, 2.24) is 5.32 Å². The van der Waals surface area contributed by atoms with Crippen LogP contribution in [0.25, 0.3) is 0 Å². The maximum absolute atomic E-state index is 12.7. The summed E-state index contributed by atoms with van der Waals surface area (Å²) in [4.78, 5) is 22.7. The van der Waals surface area contributed by atoms with Crippen LogP contribution in [0, 0.1) is 0 Å². The number of phosphoric ester groups is 1. The fourth-order valence-electron chi connectivity index (χ4n) is 6.07. The summed E-state index contributed by atoms with van der Waals surface area (Å²) >= 11 is 0. The smallest absolute Gasteiger partial charge is 0.387 e. The monoisotopic (exact) mass is 729 g/mol. The Balaban J connectivity index is 4.24. The molecule has 0 rings (SSSR count). The van der Waals surface area contributed by atoms with E-state index >= 15 is 0 Å². The molecule has 3 unspecified atom stereocenters. The van der Waals surface area contributed by atoms with E-state index in [0.29, 0.717) is 6.42 Å². The molecule has 0 fully saturated rings. The van der Waals surface area contributed by atoms with Gasteiger partial charge in [-0.2, -0.15) is 0 Å². The van der Waals surface area contributed by atoms with Crippen molar-refractivity contribution in [2.45, 2.75) is 212 Å². The summed E-state index contributed by atoms with van der Waals surface area (Å²) < 4.78 is 22.1. The lowest BCUT2D eigenvalue weighted by Crippen LogP contribution is -2.45. The molecule has 0 aromatic heterocycles. The highest BCUT2D eigenvalue weighted by Gasteiger charge is 2.26. The van der Waals surface area contributed by atoms with Crippen molar-refractivity contribution in [1.29, 1.82) is 0 Å². The third kappa shape index (κ3) is 35.4. The average Bonchev–Trinajstić information content (AvgIpc) is 3.10. The van der Waals surface area contributed by atoms with Crippen molar-refractivity contribution in [2.24, 2.45) is 5.73 Å². The zero-order chi connectivity index (χ0) is 36.8. The van der Waals surface area contributed by atoms with E-state index in [-0.39, 0.29) is 25.7 Å². The van der Waals surface area contributed by atoms with Gasteiger partial charge in [0.15, 0.2) is 0 Å². The minimum absolute atomic E-state index is 0.0786. The van der Waals surface area contributed by atoms with Gasteiger partial charge in [-0.1, -0.05) is 173 Å². The Morgan fingerprint density at radius 3 is 1.48 bits per heavy atom. The lowest BCUT2D eigenvalue weighted by molar-refractivity contribution is -0.123. The number of hydrogen-bond donors (Lipinski definition) is 4. The molecule has 0 heterocycles. The molecule has 0 aliphatic heterocycles. The van der Waals surface area contributed by atoms with Crippen LogP contribution in [-0.4, -0.2) is 47.8 Å². The molecule has 3 atom stereocenters. The molecule has 0 radical (unpaired) electrons. The molecular weight excluding hydrogens is 647 g/mol. The number of aliphatic hydroxyl groups excluding tert-OH is 1. The molecule has 0 aromatic rings. The Hall–Kier alpha value is -1.02. The van der Waals surface area contributed by atoms with Crippen LogP contribution in [0.3, 0.4) is 0 Å². The molecule has 0 aliphatic carbocycles. The molecule has 0 bridgehead atoms. The number of amides is 1. The van der Waals surface area contributed by atoms with Gasteiger partial charge < -0.3 is 21.1 Å². The zero-order valence-corrected chi connectivity index (χ0v) is 33.5. The van der Waals surface area contributed by atoms with Crippen molar-refractivity contribution < 1.29 is 28.4 Å². The lowest BCUT2D eigenvalue weighted by atomic mass is 10.0. The third-order valence-corrected chi connectivity index (χ3v) is 10.3. The molecule has 0 saturated heterocycles. The number of aliphatic hydroxyl groups is 1. The van der Waals surface area contributed by atoms with E-state index in [1.165, 1.54) is 141 Å². The number of phosphoric acid groups is 1. The SMILES string of the molecule is CCCCCCCC/C=C\CCCCCCCCCC(=O)NC(COP(=O)(O)OCCN)C(O)/C=C/CCCCCCCCCCCCCC. The maximum atomic E-state index is 12.7. The van der Waals surface area contributed by atoms with Gasteiger partial charge in [0.2, 0.25) is 5.91 Å². The molecule has 5 N–H and O–H groups in total. The predicted octanol–water partition coefficient (Wildman–Crippen LogP) is 11.4. The minimum Gasteiger partial charge on any atom is -0.387 e. The average molecular weight is 729 g/mol. The molecular formula is C41H81N2O6P. The highest BCUT2D eigenvalue weighted by Crippen LogP contribution is 2.43. The number of allylic oxidation sites excluding steroid dienone is 3. The Labute approximate surface area is 308 Å². The van der Waals surface area contributed by atoms with E-state index in [4.69, 9.17) is 14.8 Å². The second-order valence-electron chi connectivity index (χ2n) is 14.2. The van der Waals surface area contributed by atoms with Crippen LogP contribution in [0.15, 0.2) is 24.3 Å². The van der Waals surface area contributed by atoms with Crippen molar-refractivity contribution in [3.8, 4) is 0 Å². The number of rotatable bonds is 39. The molecule has 50 heavy (non-hydrogen) atoms. The van der Waals surface area contributed by atoms with E-state index < -0.39 is 20.0 Å². The van der Waals surface area contributed by atoms with Gasteiger partial charge in [-0.3, -0.25) is 13.8 Å². The summed E-state index contributed by atoms with van der Waals surface area (Å²) in [5.41, 5.74) is 5.36. The van der Waals surface area contributed by atoms with Gasteiger partial charge in [0, 0.05) is 13.0 Å². The van der Waals surface area contributed by atoms with Crippen LogP contribution in [-0.2, 0) is 18.4 Å². The molecule has 1 amide bonds. The van der Waals surface area contributed by atoms with Crippen LogP contribution < -0.4 is 11.1 Å². The minimum atomic E-state index is -4.33. The van der Waals surface area contributed by atoms with Gasteiger partial charge in [-0.25, -0.2) is 4.57 Å². The van der Waals surface area contributed by atoms with Crippen molar-refractivity contribution in [2.75, 3.05) is 19.8 Å². The van der Waals surface area contributed by atoms with Crippen LogP contribution in [0.2, 0.25) is 0 Å². The summed E-state index contributed by atoms with van der Waals surface area (Å²) in [7, 11) is -4.33. The van der Waals surface area contributed by atoms with Crippen LogP contribution in [0.4, 0.5) is 0 Å². The second kappa shape index (κ2) is 37.7. The quantitative estimate of drug-likeness (QED) is 0.0281. The molecule has 296 valence electrons. The van der Waals surface area contributed by atoms with E-state index in [9.17, 15) is 19.4 Å². The number of hydrogen-bond acceptors (Lipinski definition) is 6. The maximum Gasteiger partial charge on any atom is 0.472 e. The van der Waals surface area contributed by atoms with Gasteiger partial charge in [-0.05, 0) is 44.9 Å². The number of carbonyl (C=O) groups is 1. The van der Waals surface area contributed by atoms with Gasteiger partial charge in [-0.15, -0.1) is 0 Å². The summed E-state index contributed by atoms with van der Waals surface area (Å²) in [5.74, 6) is -0.199. The topological polar surface area (TPSA) is 131 Å². The molecule has 9 heteroatoms. The highest BCUT2D eigenvalue weighted by atomic mass is 31.2. The fourth-order valence-corrected chi connectivity index (χ4v) is 6.83. The number of carbonyl (C=O) groups excluding carboxylic acids is 1. The molecule has 0 aliphatic rings. The van der Waals surface area contributed by atoms with Crippen LogP contribution >= 0.6 is 7.82 Å². The van der Waals surface area contributed by atoms with Gasteiger partial charge in [0.1, 0.15) is 0 Å². The van der Waals surface area contributed by atoms with E-state index in [1.54, 1.807) is 6.08 Å². The third-order valence-electron chi connectivity index (χ3n) is 9.27. The Kier molecular flexibility index (Phi) is 37.0. The number of nitrogens with two attached hydrogens (primary N) is 1. The summed E-state index contributed by atoms with van der Waals surface area (Å²) in [6.45, 7) is 4.13. The van der Waals surface area contributed by atoms with Gasteiger partial charge in [0.25, 0.3) is 0 Å². The fraction of sp³-hybridized carbons (Fsp3) is 0.878. The lowest BCUT2D eigenvalue weighted by Gasteiger charge is -2.23. The Morgan fingerprint density at radius 1 is 0.640 bits per heavy atom. The first kappa shape index (κ1) is 49.0. The first-order chi connectivity index (χ1) is 24.4. The van der Waals surface area contributed by atoms with Crippen molar-refractivity contribution in [3.63, 3.8) is 0 Å². The van der Waals surface area contributed by atoms with E-state index in [2.05, 4.69) is 31.3 Å². The molecule has 0 aromatic carbocycles. The van der Waals surface area contributed by atoms with Crippen molar-refractivity contribution in [3.05, 3.63) is 24.3 Å². The Morgan fingerprint density at radius 2 is 1.04 bits per heavy atom. The van der Waals surface area contributed by atoms with Gasteiger partial charge >= 0.3 is 7.82 Å². The number of nitrogens with one attached hydrogen (secondary N) is 1. The van der Waals surface area contributed by atoms with Gasteiger partial charge in [0.05, 0.1) is 25.4 Å². The summed E-state index contributed by atoms with van der Waals surface area (Å²) in [6.07, 6.45) is 42.2. The van der Waals surface area contributed by atoms with Crippen LogP contribution in [0.5, 0.6) is 0 Å². The summed E-state index contributed by atoms with van der Waals surface area (Å²) in [5, 5.41) is 13.6. The largest absolute Gasteiger partial charge is 0.472 e. The normalized spacial score (nSPS) is 14.4. The number of unbranched alkanes of at least 4 members (excludes halogenated alkanes) is 25. The first-order valence-corrected chi connectivity index (χ1v) is 22.5. The standard InChI is InChI=1S/C41H81N2O6P/c1-3-5-7-9-11-13-15-17-19-20-21-23-25-27-29-31-33-35-41(45)43-39(38-49-50(46,47)48-37-36-42)40(44)34-32-30-28-26-24-22-18-16-14-12-10-8-6-4-2/h17,19,32,34,39-40,44H,3-16,18,20-31,33,35-38,42H2,1-2H3,(H,43,45)(H,46,47)/b19-17-,34-32+.